The quantitative estimate of drug-likeness (QED) is 0.427. The summed E-state index contributed by atoms with van der Waals surface area (Å²) in [5.41, 5.74) is 0. The number of carboxylic acid groups (broad SMARTS) is 1. The number of hydrogen-bond acceptors (Lipinski definition) is 4. The van der Waals surface area contributed by atoms with Crippen molar-refractivity contribution >= 4 is 5.97 Å². The molecule has 23 heavy (non-hydrogen) atoms. The maximum atomic E-state index is 9.87. The first-order valence-electron chi connectivity index (χ1n) is 9.13. The monoisotopic (exact) mass is 334 g/mol. The molecule has 140 valence electrons. The van der Waals surface area contributed by atoms with Crippen LogP contribution in [0.2, 0.25) is 0 Å². The molecule has 0 aromatic heterocycles. The van der Waals surface area contributed by atoms with Crippen LogP contribution >= 0.6 is 0 Å². The lowest BCUT2D eigenvalue weighted by Crippen LogP contribution is -2.10. The summed E-state index contributed by atoms with van der Waals surface area (Å²) in [5.74, 6) is -0.682. The number of ether oxygens (including phenoxy) is 3. The first kappa shape index (κ1) is 24.6. The highest BCUT2D eigenvalue weighted by Gasteiger charge is 1.93. The molecule has 0 bridgehead atoms. The fraction of sp³-hybridized carbons (Fsp3) is 0.944. The third kappa shape index (κ3) is 29.9. The molecule has 0 radical (unpaired) electrons. The van der Waals surface area contributed by atoms with Gasteiger partial charge in [0.25, 0.3) is 0 Å². The number of hydrogen-bond donors (Lipinski definition) is 1. The molecular formula is C18H38O5. The predicted octanol–water partition coefficient (Wildman–Crippen LogP) is 4.29. The second-order valence-corrected chi connectivity index (χ2v) is 5.40. The van der Waals surface area contributed by atoms with Gasteiger partial charge in [0, 0.05) is 19.6 Å². The molecule has 1 N–H and O–H groups in total. The highest BCUT2D eigenvalue weighted by atomic mass is 16.5. The number of rotatable bonds is 16. The third-order valence-corrected chi connectivity index (χ3v) is 3.02. The largest absolute Gasteiger partial charge is 0.481 e. The molecule has 0 aromatic rings. The van der Waals surface area contributed by atoms with Crippen molar-refractivity contribution in [2.75, 3.05) is 39.6 Å². The van der Waals surface area contributed by atoms with Gasteiger partial charge in [0.1, 0.15) is 0 Å². The highest BCUT2D eigenvalue weighted by molar-refractivity contribution is 5.66. The lowest BCUT2D eigenvalue weighted by Gasteiger charge is -2.06. The summed E-state index contributed by atoms with van der Waals surface area (Å²) < 4.78 is 16.1. The van der Waals surface area contributed by atoms with E-state index in [4.69, 9.17) is 19.3 Å². The van der Waals surface area contributed by atoms with E-state index in [-0.39, 0.29) is 0 Å². The molecule has 0 rings (SSSR count). The molecule has 5 heteroatoms. The fourth-order valence-electron chi connectivity index (χ4n) is 1.56. The Hall–Kier alpha value is -0.650. The molecule has 0 atom stereocenters. The van der Waals surface area contributed by atoms with Crippen LogP contribution in [0.5, 0.6) is 0 Å². The van der Waals surface area contributed by atoms with Gasteiger partial charge in [0.05, 0.1) is 26.4 Å². The van der Waals surface area contributed by atoms with Crippen LogP contribution in [0.4, 0.5) is 0 Å². The summed E-state index contributed by atoms with van der Waals surface area (Å²) >= 11 is 0. The first-order valence-corrected chi connectivity index (χ1v) is 9.13. The van der Waals surface area contributed by atoms with E-state index in [1.165, 1.54) is 12.8 Å². The molecule has 0 unspecified atom stereocenters. The van der Waals surface area contributed by atoms with Crippen LogP contribution in [0.25, 0.3) is 0 Å². The zero-order valence-electron chi connectivity index (χ0n) is 15.5. The smallest absolute Gasteiger partial charge is 0.303 e. The Bertz CT molecular complexity index is 209. The van der Waals surface area contributed by atoms with Gasteiger partial charge in [-0.25, -0.2) is 0 Å². The van der Waals surface area contributed by atoms with Gasteiger partial charge in [-0.2, -0.15) is 0 Å². The Kier molecular flexibility index (Phi) is 25.3. The third-order valence-electron chi connectivity index (χ3n) is 3.02. The summed E-state index contributed by atoms with van der Waals surface area (Å²) in [4.78, 5) is 9.87. The predicted molar refractivity (Wildman–Crippen MR) is 94.1 cm³/mol. The topological polar surface area (TPSA) is 65.0 Å². The van der Waals surface area contributed by atoms with E-state index in [1.54, 1.807) is 0 Å². The van der Waals surface area contributed by atoms with Crippen molar-refractivity contribution in [3.63, 3.8) is 0 Å². The molecule has 0 amide bonds. The van der Waals surface area contributed by atoms with Crippen molar-refractivity contribution < 1.29 is 24.1 Å². The van der Waals surface area contributed by atoms with E-state index in [9.17, 15) is 4.79 Å². The maximum Gasteiger partial charge on any atom is 0.303 e. The van der Waals surface area contributed by atoms with Gasteiger partial charge < -0.3 is 19.3 Å². The molecule has 5 nitrogen and oxygen atoms in total. The van der Waals surface area contributed by atoms with E-state index in [1.807, 2.05) is 0 Å². The van der Waals surface area contributed by atoms with Crippen molar-refractivity contribution in [2.45, 2.75) is 72.1 Å². The summed E-state index contributed by atoms with van der Waals surface area (Å²) in [6.45, 7) is 10.9. The number of unbranched alkanes of at least 4 members (excludes halogenated alkanes) is 4. The summed E-state index contributed by atoms with van der Waals surface area (Å²) in [5, 5.41) is 8.14. The zero-order chi connectivity index (χ0) is 17.6. The molecule has 0 saturated carbocycles. The van der Waals surface area contributed by atoms with Gasteiger partial charge in [-0.15, -0.1) is 0 Å². The summed E-state index contributed by atoms with van der Waals surface area (Å²) in [7, 11) is 0. The molecule has 0 spiro atoms. The SMILES string of the molecule is CCCCCC(=O)O.CCCCOCCOCCOCCCC. The standard InChI is InChI=1S/C12H26O3.C6H12O2/c1-3-5-7-13-9-11-15-12-10-14-8-6-4-2;1-2-3-4-5-6(7)8/h3-12H2,1-2H3;2-5H2,1H3,(H,7,8). The molecule has 0 aliphatic rings. The van der Waals surface area contributed by atoms with Crippen LogP contribution in [0.15, 0.2) is 0 Å². The van der Waals surface area contributed by atoms with Gasteiger partial charge in [-0.1, -0.05) is 46.5 Å². The molecule has 0 saturated heterocycles. The van der Waals surface area contributed by atoms with Crippen molar-refractivity contribution in [1.82, 2.24) is 0 Å². The normalized spacial score (nSPS) is 10.2. The van der Waals surface area contributed by atoms with Crippen LogP contribution in [0, 0.1) is 0 Å². The van der Waals surface area contributed by atoms with Crippen LogP contribution in [-0.2, 0) is 19.0 Å². The lowest BCUT2D eigenvalue weighted by molar-refractivity contribution is -0.137. The van der Waals surface area contributed by atoms with Crippen molar-refractivity contribution in [2.24, 2.45) is 0 Å². The van der Waals surface area contributed by atoms with Gasteiger partial charge in [-0.05, 0) is 19.3 Å². The van der Waals surface area contributed by atoms with E-state index < -0.39 is 5.97 Å². The molecule has 0 heterocycles. The Morgan fingerprint density at radius 2 is 1.04 bits per heavy atom. The second-order valence-electron chi connectivity index (χ2n) is 5.40. The van der Waals surface area contributed by atoms with E-state index in [0.717, 1.165) is 45.3 Å². The average Bonchev–Trinajstić information content (AvgIpc) is 2.53. The number of carboxylic acids is 1. The Labute approximate surface area is 142 Å². The highest BCUT2D eigenvalue weighted by Crippen LogP contribution is 1.97. The average molecular weight is 334 g/mol. The van der Waals surface area contributed by atoms with Crippen LogP contribution in [0.3, 0.4) is 0 Å². The lowest BCUT2D eigenvalue weighted by atomic mass is 10.2. The zero-order valence-corrected chi connectivity index (χ0v) is 15.5. The fourth-order valence-corrected chi connectivity index (χ4v) is 1.56. The van der Waals surface area contributed by atoms with E-state index in [0.29, 0.717) is 32.8 Å². The Morgan fingerprint density at radius 1 is 0.652 bits per heavy atom. The number of aliphatic carboxylic acids is 1. The maximum absolute atomic E-state index is 9.87. The number of carbonyl (C=O) groups is 1. The minimum atomic E-state index is -0.682. The summed E-state index contributed by atoms with van der Waals surface area (Å²) in [6.07, 6.45) is 7.93. The molecule has 0 aliphatic heterocycles. The van der Waals surface area contributed by atoms with Crippen LogP contribution < -0.4 is 0 Å². The molecule has 0 aliphatic carbocycles. The molecular weight excluding hydrogens is 296 g/mol. The molecule has 0 aromatic carbocycles. The first-order chi connectivity index (χ1) is 11.2. The second kappa shape index (κ2) is 23.6. The van der Waals surface area contributed by atoms with Crippen molar-refractivity contribution in [1.29, 1.82) is 0 Å². The summed E-state index contributed by atoms with van der Waals surface area (Å²) in [6, 6.07) is 0. The minimum Gasteiger partial charge on any atom is -0.481 e. The van der Waals surface area contributed by atoms with Gasteiger partial charge in [0.2, 0.25) is 0 Å². The van der Waals surface area contributed by atoms with E-state index in [2.05, 4.69) is 20.8 Å². The van der Waals surface area contributed by atoms with Crippen LogP contribution in [0.1, 0.15) is 72.1 Å². The van der Waals surface area contributed by atoms with Gasteiger partial charge >= 0.3 is 5.97 Å². The van der Waals surface area contributed by atoms with Crippen molar-refractivity contribution in [3.05, 3.63) is 0 Å². The van der Waals surface area contributed by atoms with Crippen LogP contribution in [-0.4, -0.2) is 50.7 Å². The van der Waals surface area contributed by atoms with Gasteiger partial charge in [0.15, 0.2) is 0 Å². The minimum absolute atomic E-state index is 0.327. The Balaban J connectivity index is 0. The molecule has 0 fully saturated rings. The Morgan fingerprint density at radius 3 is 1.39 bits per heavy atom. The van der Waals surface area contributed by atoms with E-state index >= 15 is 0 Å². The van der Waals surface area contributed by atoms with Gasteiger partial charge in [-0.3, -0.25) is 4.79 Å². The van der Waals surface area contributed by atoms with Crippen molar-refractivity contribution in [3.8, 4) is 0 Å².